The fourth-order valence-corrected chi connectivity index (χ4v) is 5.52. The van der Waals surface area contributed by atoms with Gasteiger partial charge in [0.2, 0.25) is 23.6 Å². The lowest BCUT2D eigenvalue weighted by Crippen LogP contribution is -2.54. The number of rotatable bonds is 15. The summed E-state index contributed by atoms with van der Waals surface area (Å²) in [6, 6.07) is 5.31. The van der Waals surface area contributed by atoms with E-state index in [4.69, 9.17) is 15.2 Å². The van der Waals surface area contributed by atoms with Crippen molar-refractivity contribution in [2.24, 2.45) is 11.7 Å². The average molecular weight is 644 g/mol. The standard InChI is InChI=1S/C32H45N5O9/c1-19(2)17-25(32(44)45-18-21-9-6-5-7-10-21)36(4)30(42)24-11-8-16-37(24)29(41)20(3)46-31(43)23(12-14-26(33)38)35-28(40)22-13-15-27(39)34-22/h5-7,9-10,19-20,22-25H,8,11-18H2,1-4H3,(H2,33,38)(H,34,39)(H,35,40)/t20-,22-,23-,24-,25+/m0/s1. The van der Waals surface area contributed by atoms with Crippen LogP contribution in [0.2, 0.25) is 0 Å². The Balaban J connectivity index is 1.66. The number of amides is 5. The quantitative estimate of drug-likeness (QED) is 0.229. The highest BCUT2D eigenvalue weighted by Gasteiger charge is 2.42. The van der Waals surface area contributed by atoms with Gasteiger partial charge >= 0.3 is 11.9 Å². The smallest absolute Gasteiger partial charge is 0.329 e. The summed E-state index contributed by atoms with van der Waals surface area (Å²) < 4.78 is 11.0. The maximum Gasteiger partial charge on any atom is 0.329 e. The maximum absolute atomic E-state index is 13.7. The summed E-state index contributed by atoms with van der Waals surface area (Å²) in [7, 11) is 1.52. The van der Waals surface area contributed by atoms with Crippen LogP contribution in [0.1, 0.15) is 71.3 Å². The molecule has 1 aromatic carbocycles. The van der Waals surface area contributed by atoms with Crippen LogP contribution in [-0.4, -0.2) is 95.1 Å². The summed E-state index contributed by atoms with van der Waals surface area (Å²) in [6.07, 6.45) is -0.0896. The number of nitrogens with two attached hydrogens (primary N) is 1. The molecule has 1 aromatic rings. The summed E-state index contributed by atoms with van der Waals surface area (Å²) in [5.74, 6) is -4.11. The molecule has 2 heterocycles. The first kappa shape index (κ1) is 36.0. The SMILES string of the molecule is CC(C)C[C@H](C(=O)OCc1ccccc1)N(C)C(=O)[C@@H]1CCCN1C(=O)[C@H](C)OC(=O)[C@H](CCC(N)=O)NC(=O)[C@@H]1CCC(=O)N1. The van der Waals surface area contributed by atoms with E-state index >= 15 is 0 Å². The fraction of sp³-hybridized carbons (Fsp3) is 0.594. The van der Waals surface area contributed by atoms with Gasteiger partial charge in [0, 0.05) is 26.4 Å². The molecule has 0 bridgehead atoms. The van der Waals surface area contributed by atoms with Crippen molar-refractivity contribution in [3.05, 3.63) is 35.9 Å². The molecule has 2 fully saturated rings. The van der Waals surface area contributed by atoms with E-state index < -0.39 is 65.8 Å². The van der Waals surface area contributed by atoms with Gasteiger partial charge in [-0.2, -0.15) is 0 Å². The van der Waals surface area contributed by atoms with Crippen LogP contribution in [0.4, 0.5) is 0 Å². The molecule has 0 radical (unpaired) electrons. The molecule has 5 atom stereocenters. The number of ether oxygens (including phenoxy) is 2. The molecule has 46 heavy (non-hydrogen) atoms. The van der Waals surface area contributed by atoms with Gasteiger partial charge in [0.05, 0.1) is 0 Å². The number of benzene rings is 1. The van der Waals surface area contributed by atoms with Gasteiger partial charge in [-0.15, -0.1) is 0 Å². The summed E-state index contributed by atoms with van der Waals surface area (Å²) in [5.41, 5.74) is 6.05. The van der Waals surface area contributed by atoms with Crippen LogP contribution in [-0.2, 0) is 49.6 Å². The number of likely N-dealkylation sites (tertiary alicyclic amines) is 1. The minimum atomic E-state index is -1.33. The number of nitrogens with zero attached hydrogens (tertiary/aromatic N) is 2. The summed E-state index contributed by atoms with van der Waals surface area (Å²) in [6.45, 7) is 5.52. The Kier molecular flexibility index (Phi) is 13.1. The minimum Gasteiger partial charge on any atom is -0.459 e. The third-order valence-electron chi connectivity index (χ3n) is 8.06. The van der Waals surface area contributed by atoms with Crippen molar-refractivity contribution in [3.63, 3.8) is 0 Å². The van der Waals surface area contributed by atoms with Crippen molar-refractivity contribution >= 4 is 41.5 Å². The number of hydrogen-bond donors (Lipinski definition) is 3. The van der Waals surface area contributed by atoms with Crippen LogP contribution in [0.15, 0.2) is 30.3 Å². The molecule has 2 aliphatic rings. The molecule has 2 aliphatic heterocycles. The van der Waals surface area contributed by atoms with Gasteiger partial charge < -0.3 is 35.6 Å². The summed E-state index contributed by atoms with van der Waals surface area (Å²) in [5, 5.41) is 4.99. The number of likely N-dealkylation sites (N-methyl/N-ethyl adjacent to an activating group) is 1. The number of esters is 2. The van der Waals surface area contributed by atoms with Gasteiger partial charge in [-0.25, -0.2) is 9.59 Å². The second kappa shape index (κ2) is 16.7. The number of nitrogens with one attached hydrogen (secondary N) is 2. The van der Waals surface area contributed by atoms with Crippen LogP contribution in [0.25, 0.3) is 0 Å². The lowest BCUT2D eigenvalue weighted by molar-refractivity contribution is -0.164. The average Bonchev–Trinajstić information content (AvgIpc) is 3.69. The number of carbonyl (C=O) groups excluding carboxylic acids is 7. The van der Waals surface area contributed by atoms with E-state index in [0.29, 0.717) is 19.3 Å². The third kappa shape index (κ3) is 10.0. The highest BCUT2D eigenvalue weighted by molar-refractivity contribution is 5.95. The van der Waals surface area contributed by atoms with Crippen molar-refractivity contribution in [1.29, 1.82) is 0 Å². The van der Waals surface area contributed by atoms with E-state index in [1.54, 1.807) is 0 Å². The van der Waals surface area contributed by atoms with Crippen molar-refractivity contribution < 1.29 is 43.0 Å². The summed E-state index contributed by atoms with van der Waals surface area (Å²) >= 11 is 0. The number of carbonyl (C=O) groups is 7. The van der Waals surface area contributed by atoms with E-state index in [1.165, 1.54) is 23.8 Å². The van der Waals surface area contributed by atoms with Crippen LogP contribution >= 0.6 is 0 Å². The lowest BCUT2D eigenvalue weighted by atomic mass is 10.0. The first-order valence-corrected chi connectivity index (χ1v) is 15.6. The van der Waals surface area contributed by atoms with E-state index in [0.717, 1.165) is 5.56 Å². The van der Waals surface area contributed by atoms with Gasteiger partial charge in [-0.3, -0.25) is 24.0 Å². The van der Waals surface area contributed by atoms with Crippen molar-refractivity contribution in [1.82, 2.24) is 20.4 Å². The molecule has 252 valence electrons. The highest BCUT2D eigenvalue weighted by atomic mass is 16.6. The Hall–Kier alpha value is -4.49. The van der Waals surface area contributed by atoms with E-state index in [1.807, 2.05) is 44.2 Å². The topological polar surface area (TPSA) is 195 Å². The van der Waals surface area contributed by atoms with Gasteiger partial charge in [-0.1, -0.05) is 44.2 Å². The Labute approximate surface area is 268 Å². The lowest BCUT2D eigenvalue weighted by Gasteiger charge is -2.33. The van der Waals surface area contributed by atoms with Crippen LogP contribution < -0.4 is 16.4 Å². The zero-order valence-corrected chi connectivity index (χ0v) is 26.9. The van der Waals surface area contributed by atoms with Gasteiger partial charge in [0.15, 0.2) is 6.10 Å². The predicted molar refractivity (Wildman–Crippen MR) is 164 cm³/mol. The Bertz CT molecular complexity index is 1290. The number of hydrogen-bond acceptors (Lipinski definition) is 9. The predicted octanol–water partition coefficient (Wildman–Crippen LogP) is 0.555. The molecule has 0 spiro atoms. The second-order valence-electron chi connectivity index (χ2n) is 12.2. The molecule has 5 amide bonds. The first-order chi connectivity index (χ1) is 21.8. The van der Waals surface area contributed by atoms with Crippen LogP contribution in [0.3, 0.4) is 0 Å². The Morgan fingerprint density at radius 1 is 1.07 bits per heavy atom. The summed E-state index contributed by atoms with van der Waals surface area (Å²) in [4.78, 5) is 91.7. The van der Waals surface area contributed by atoms with Gasteiger partial charge in [-0.05, 0) is 50.5 Å². The second-order valence-corrected chi connectivity index (χ2v) is 12.2. The minimum absolute atomic E-state index is 0.0589. The molecule has 0 saturated carbocycles. The van der Waals surface area contributed by atoms with Crippen LogP contribution in [0, 0.1) is 5.92 Å². The molecule has 14 nitrogen and oxygen atoms in total. The molecule has 2 saturated heterocycles. The van der Waals surface area contributed by atoms with Crippen LogP contribution in [0.5, 0.6) is 0 Å². The molecule has 0 unspecified atom stereocenters. The van der Waals surface area contributed by atoms with Crippen molar-refractivity contribution in [3.8, 4) is 0 Å². The molecule has 4 N–H and O–H groups in total. The monoisotopic (exact) mass is 643 g/mol. The van der Waals surface area contributed by atoms with E-state index in [9.17, 15) is 33.6 Å². The molecular weight excluding hydrogens is 598 g/mol. The van der Waals surface area contributed by atoms with E-state index in [-0.39, 0.29) is 50.7 Å². The Morgan fingerprint density at radius 2 is 1.76 bits per heavy atom. The normalized spacial score (nSPS) is 19.5. The largest absolute Gasteiger partial charge is 0.459 e. The van der Waals surface area contributed by atoms with Gasteiger partial charge in [0.25, 0.3) is 5.91 Å². The zero-order valence-electron chi connectivity index (χ0n) is 26.9. The Morgan fingerprint density at radius 3 is 2.37 bits per heavy atom. The third-order valence-corrected chi connectivity index (χ3v) is 8.06. The fourth-order valence-electron chi connectivity index (χ4n) is 5.52. The van der Waals surface area contributed by atoms with E-state index in [2.05, 4.69) is 10.6 Å². The van der Waals surface area contributed by atoms with Crippen molar-refractivity contribution in [2.45, 2.75) is 103 Å². The van der Waals surface area contributed by atoms with Crippen molar-refractivity contribution in [2.75, 3.05) is 13.6 Å². The molecule has 0 aromatic heterocycles. The highest BCUT2D eigenvalue weighted by Crippen LogP contribution is 2.24. The van der Waals surface area contributed by atoms with Gasteiger partial charge in [0.1, 0.15) is 30.8 Å². The zero-order chi connectivity index (χ0) is 34.0. The molecule has 3 rings (SSSR count). The first-order valence-electron chi connectivity index (χ1n) is 15.6. The molecular formula is C32H45N5O9. The molecule has 14 heteroatoms. The maximum atomic E-state index is 13.7. The molecule has 0 aliphatic carbocycles. The number of primary amides is 1.